The molecule has 0 amide bonds. The Balaban J connectivity index is 1.50. The van der Waals surface area contributed by atoms with Gasteiger partial charge in [0, 0.05) is 50.3 Å². The number of aliphatic hydroxyl groups is 2. The molecule has 0 aromatic heterocycles. The van der Waals surface area contributed by atoms with Crippen LogP contribution < -0.4 is 21.3 Å². The summed E-state index contributed by atoms with van der Waals surface area (Å²) in [5, 5.41) is 32.2. The molecular formula is C22H46N4O3. The van der Waals surface area contributed by atoms with Crippen LogP contribution in [-0.4, -0.2) is 87.0 Å². The SMILES string of the molecule is CC1CCC(NCCOCCNC2CC(NCCO)CCC2C)CC1NCCO. The minimum atomic E-state index is 0.211. The average Bonchev–Trinajstić information content (AvgIpc) is 2.73. The molecule has 172 valence electrons. The van der Waals surface area contributed by atoms with Crippen LogP contribution in [0, 0.1) is 11.8 Å². The van der Waals surface area contributed by atoms with Gasteiger partial charge in [-0.3, -0.25) is 0 Å². The third-order valence-electron chi connectivity index (χ3n) is 6.79. The lowest BCUT2D eigenvalue weighted by Crippen LogP contribution is -2.47. The minimum Gasteiger partial charge on any atom is -0.395 e. The van der Waals surface area contributed by atoms with Crippen molar-refractivity contribution in [3.63, 3.8) is 0 Å². The molecule has 2 aliphatic rings. The van der Waals surface area contributed by atoms with Crippen molar-refractivity contribution >= 4 is 0 Å². The number of rotatable bonds is 14. The molecule has 2 aliphatic carbocycles. The average molecular weight is 415 g/mol. The monoisotopic (exact) mass is 414 g/mol. The van der Waals surface area contributed by atoms with Crippen molar-refractivity contribution in [2.45, 2.75) is 76.5 Å². The summed E-state index contributed by atoms with van der Waals surface area (Å²) in [6.45, 7) is 9.75. The van der Waals surface area contributed by atoms with Crippen LogP contribution in [0.5, 0.6) is 0 Å². The molecule has 0 bridgehead atoms. The number of hydrogen-bond donors (Lipinski definition) is 6. The molecule has 0 aromatic rings. The van der Waals surface area contributed by atoms with E-state index in [9.17, 15) is 0 Å². The van der Waals surface area contributed by atoms with E-state index in [0.29, 0.717) is 49.1 Å². The fourth-order valence-corrected chi connectivity index (χ4v) is 4.86. The smallest absolute Gasteiger partial charge is 0.0591 e. The molecule has 2 rings (SSSR count). The van der Waals surface area contributed by atoms with Crippen LogP contribution in [-0.2, 0) is 4.74 Å². The molecule has 7 nitrogen and oxygen atoms in total. The normalized spacial score (nSPS) is 33.1. The third-order valence-corrected chi connectivity index (χ3v) is 6.79. The lowest BCUT2D eigenvalue weighted by molar-refractivity contribution is 0.122. The molecule has 0 spiro atoms. The summed E-state index contributed by atoms with van der Waals surface area (Å²) in [4.78, 5) is 0. The fraction of sp³-hybridized carbons (Fsp3) is 1.00. The third kappa shape index (κ3) is 9.59. The molecule has 0 saturated heterocycles. The number of ether oxygens (including phenoxy) is 1. The van der Waals surface area contributed by atoms with Crippen LogP contribution >= 0.6 is 0 Å². The molecule has 29 heavy (non-hydrogen) atoms. The molecule has 2 saturated carbocycles. The van der Waals surface area contributed by atoms with E-state index in [2.05, 4.69) is 35.1 Å². The van der Waals surface area contributed by atoms with Crippen molar-refractivity contribution in [1.82, 2.24) is 21.3 Å². The van der Waals surface area contributed by atoms with E-state index in [1.54, 1.807) is 0 Å². The maximum Gasteiger partial charge on any atom is 0.0591 e. The standard InChI is InChI=1S/C22H46N4O3/c1-17-4-6-20(16-21(17)25-8-12-28)24-9-13-29-14-10-26-22-15-19(23-7-11-27)5-3-18(22)2/h17-28H,3-16H2,1-2H3. The first-order valence-electron chi connectivity index (χ1n) is 11.9. The number of nitrogens with one attached hydrogen (secondary N) is 4. The molecule has 2 fully saturated rings. The molecular weight excluding hydrogens is 368 g/mol. The van der Waals surface area contributed by atoms with Gasteiger partial charge in [0.1, 0.15) is 0 Å². The van der Waals surface area contributed by atoms with Gasteiger partial charge in [0.25, 0.3) is 0 Å². The molecule has 6 atom stereocenters. The van der Waals surface area contributed by atoms with Crippen LogP contribution in [0.1, 0.15) is 52.4 Å². The first-order valence-corrected chi connectivity index (χ1v) is 11.9. The highest BCUT2D eigenvalue weighted by molar-refractivity contribution is 4.87. The Morgan fingerprint density at radius 3 is 1.66 bits per heavy atom. The van der Waals surface area contributed by atoms with E-state index in [1.807, 2.05) is 0 Å². The van der Waals surface area contributed by atoms with E-state index >= 15 is 0 Å². The highest BCUT2D eigenvalue weighted by Gasteiger charge is 2.27. The van der Waals surface area contributed by atoms with Crippen LogP contribution in [0.3, 0.4) is 0 Å². The van der Waals surface area contributed by atoms with Gasteiger partial charge >= 0.3 is 0 Å². The molecule has 6 unspecified atom stereocenters. The Bertz CT molecular complexity index is 414. The zero-order valence-electron chi connectivity index (χ0n) is 18.7. The summed E-state index contributed by atoms with van der Waals surface area (Å²) < 4.78 is 5.83. The Labute approximate surface area is 177 Å². The summed E-state index contributed by atoms with van der Waals surface area (Å²) in [6.07, 6.45) is 7.17. The van der Waals surface area contributed by atoms with E-state index in [-0.39, 0.29) is 13.2 Å². The molecule has 0 heterocycles. The van der Waals surface area contributed by atoms with Gasteiger partial charge in [-0.15, -0.1) is 0 Å². The summed E-state index contributed by atoms with van der Waals surface area (Å²) in [5.74, 6) is 1.38. The van der Waals surface area contributed by atoms with E-state index in [0.717, 1.165) is 39.1 Å². The second-order valence-corrected chi connectivity index (χ2v) is 9.06. The predicted molar refractivity (Wildman–Crippen MR) is 118 cm³/mol. The van der Waals surface area contributed by atoms with Gasteiger partial charge in [-0.2, -0.15) is 0 Å². The van der Waals surface area contributed by atoms with E-state index < -0.39 is 0 Å². The van der Waals surface area contributed by atoms with E-state index in [4.69, 9.17) is 14.9 Å². The maximum absolute atomic E-state index is 9.03. The quantitative estimate of drug-likeness (QED) is 0.230. The van der Waals surface area contributed by atoms with Crippen molar-refractivity contribution < 1.29 is 14.9 Å². The lowest BCUT2D eigenvalue weighted by Gasteiger charge is -2.35. The van der Waals surface area contributed by atoms with Crippen molar-refractivity contribution in [2.75, 3.05) is 52.6 Å². The van der Waals surface area contributed by atoms with Crippen LogP contribution in [0.2, 0.25) is 0 Å². The molecule has 6 N–H and O–H groups in total. The van der Waals surface area contributed by atoms with Gasteiger partial charge < -0.3 is 36.2 Å². The van der Waals surface area contributed by atoms with Gasteiger partial charge in [-0.1, -0.05) is 13.8 Å². The Morgan fingerprint density at radius 1 is 0.655 bits per heavy atom. The van der Waals surface area contributed by atoms with Gasteiger partial charge in [0.2, 0.25) is 0 Å². The molecule has 0 aromatic carbocycles. The number of aliphatic hydroxyl groups excluding tert-OH is 2. The Morgan fingerprint density at radius 2 is 1.10 bits per heavy atom. The van der Waals surface area contributed by atoms with Crippen molar-refractivity contribution in [2.24, 2.45) is 11.8 Å². The highest BCUT2D eigenvalue weighted by atomic mass is 16.5. The summed E-state index contributed by atoms with van der Waals surface area (Å²) in [7, 11) is 0. The van der Waals surface area contributed by atoms with Gasteiger partial charge in [0.05, 0.1) is 26.4 Å². The first kappa shape index (κ1) is 25.0. The second-order valence-electron chi connectivity index (χ2n) is 9.06. The maximum atomic E-state index is 9.03. The second kappa shape index (κ2) is 14.7. The van der Waals surface area contributed by atoms with Gasteiger partial charge in [-0.25, -0.2) is 0 Å². The van der Waals surface area contributed by atoms with Crippen molar-refractivity contribution in [3.05, 3.63) is 0 Å². The van der Waals surface area contributed by atoms with Gasteiger partial charge in [-0.05, 0) is 50.4 Å². The highest BCUT2D eigenvalue weighted by Crippen LogP contribution is 2.25. The Kier molecular flexibility index (Phi) is 12.6. The fourth-order valence-electron chi connectivity index (χ4n) is 4.86. The Hall–Kier alpha value is -0.280. The topological polar surface area (TPSA) is 97.8 Å². The zero-order valence-corrected chi connectivity index (χ0v) is 18.7. The summed E-state index contributed by atoms with van der Waals surface area (Å²) in [5.41, 5.74) is 0. The molecule has 7 heteroatoms. The van der Waals surface area contributed by atoms with E-state index in [1.165, 1.54) is 25.7 Å². The van der Waals surface area contributed by atoms with Crippen LogP contribution in [0.15, 0.2) is 0 Å². The van der Waals surface area contributed by atoms with Gasteiger partial charge in [0.15, 0.2) is 0 Å². The summed E-state index contributed by atoms with van der Waals surface area (Å²) in [6, 6.07) is 2.12. The van der Waals surface area contributed by atoms with Crippen molar-refractivity contribution in [1.29, 1.82) is 0 Å². The summed E-state index contributed by atoms with van der Waals surface area (Å²) >= 11 is 0. The van der Waals surface area contributed by atoms with Crippen LogP contribution in [0.4, 0.5) is 0 Å². The zero-order chi connectivity index (χ0) is 20.9. The predicted octanol–water partition coefficient (Wildman–Crippen LogP) is 0.460. The molecule has 0 radical (unpaired) electrons. The lowest BCUT2D eigenvalue weighted by atomic mass is 9.83. The number of hydrogen-bond acceptors (Lipinski definition) is 7. The largest absolute Gasteiger partial charge is 0.395 e. The van der Waals surface area contributed by atoms with Crippen LogP contribution in [0.25, 0.3) is 0 Å². The van der Waals surface area contributed by atoms with Crippen molar-refractivity contribution in [3.8, 4) is 0 Å². The molecule has 0 aliphatic heterocycles. The minimum absolute atomic E-state index is 0.211. The first-order chi connectivity index (χ1) is 14.1.